The standard InChI is InChI=1S/C23H30O3/c1-4-26-23(18-8-6-5-7-9-18,19-10-14-21(24-2)15-11-19)20-12-16-22(25-3)17-13-20/h5-11,14-15,20,22H,4,12-13,16-17H2,1-3H3/t20?,22?,23-/m0/s1. The third-order valence-electron chi connectivity index (χ3n) is 5.68. The molecule has 1 aliphatic rings. The molecule has 3 heteroatoms. The summed E-state index contributed by atoms with van der Waals surface area (Å²) in [6.07, 6.45) is 4.73. The van der Waals surface area contributed by atoms with Crippen LogP contribution in [0.15, 0.2) is 54.6 Å². The predicted molar refractivity (Wildman–Crippen MR) is 105 cm³/mol. The Balaban J connectivity index is 2.06. The van der Waals surface area contributed by atoms with Crippen molar-refractivity contribution in [2.45, 2.75) is 44.3 Å². The lowest BCUT2D eigenvalue weighted by molar-refractivity contribution is -0.0794. The molecule has 1 fully saturated rings. The van der Waals surface area contributed by atoms with Gasteiger partial charge in [-0.15, -0.1) is 0 Å². The second-order valence-corrected chi connectivity index (χ2v) is 6.97. The lowest BCUT2D eigenvalue weighted by Gasteiger charge is -2.44. The first-order valence-electron chi connectivity index (χ1n) is 9.61. The van der Waals surface area contributed by atoms with Gasteiger partial charge in [-0.25, -0.2) is 0 Å². The van der Waals surface area contributed by atoms with Gasteiger partial charge in [0.15, 0.2) is 0 Å². The average Bonchev–Trinajstić information content (AvgIpc) is 2.73. The summed E-state index contributed by atoms with van der Waals surface area (Å²) in [7, 11) is 3.52. The molecule has 0 aliphatic heterocycles. The molecule has 0 spiro atoms. The smallest absolute Gasteiger partial charge is 0.121 e. The minimum absolute atomic E-state index is 0.372. The number of hydrogen-bond donors (Lipinski definition) is 0. The Morgan fingerprint density at radius 2 is 1.46 bits per heavy atom. The molecule has 0 unspecified atom stereocenters. The van der Waals surface area contributed by atoms with Crippen LogP contribution >= 0.6 is 0 Å². The fourth-order valence-corrected chi connectivity index (χ4v) is 4.38. The second-order valence-electron chi connectivity index (χ2n) is 6.97. The van der Waals surface area contributed by atoms with Crippen LogP contribution in [0.5, 0.6) is 5.75 Å². The largest absolute Gasteiger partial charge is 0.497 e. The molecule has 0 amide bonds. The van der Waals surface area contributed by atoms with E-state index in [4.69, 9.17) is 14.2 Å². The molecule has 0 radical (unpaired) electrons. The normalized spacial score (nSPS) is 22.6. The van der Waals surface area contributed by atoms with Crippen LogP contribution in [0.3, 0.4) is 0 Å². The highest BCUT2D eigenvalue weighted by Crippen LogP contribution is 2.47. The van der Waals surface area contributed by atoms with E-state index in [9.17, 15) is 0 Å². The lowest BCUT2D eigenvalue weighted by Crippen LogP contribution is -2.42. The van der Waals surface area contributed by atoms with E-state index in [2.05, 4.69) is 49.4 Å². The van der Waals surface area contributed by atoms with Crippen molar-refractivity contribution in [3.63, 3.8) is 0 Å². The first-order chi connectivity index (χ1) is 12.7. The van der Waals surface area contributed by atoms with Crippen LogP contribution in [0.1, 0.15) is 43.7 Å². The molecule has 140 valence electrons. The molecule has 2 aromatic rings. The summed E-state index contributed by atoms with van der Waals surface area (Å²) >= 11 is 0. The highest BCUT2D eigenvalue weighted by Gasteiger charge is 2.44. The van der Waals surface area contributed by atoms with E-state index in [1.54, 1.807) is 7.11 Å². The van der Waals surface area contributed by atoms with Crippen LogP contribution in [0.2, 0.25) is 0 Å². The van der Waals surface area contributed by atoms with Gasteiger partial charge in [-0.2, -0.15) is 0 Å². The van der Waals surface area contributed by atoms with Crippen LogP contribution in [-0.2, 0) is 15.1 Å². The van der Waals surface area contributed by atoms with Crippen molar-refractivity contribution in [1.82, 2.24) is 0 Å². The van der Waals surface area contributed by atoms with Crippen LogP contribution in [-0.4, -0.2) is 26.9 Å². The Labute approximate surface area is 157 Å². The predicted octanol–water partition coefficient (Wildman–Crippen LogP) is 5.18. The molecular weight excluding hydrogens is 324 g/mol. The van der Waals surface area contributed by atoms with Crippen molar-refractivity contribution in [1.29, 1.82) is 0 Å². The minimum atomic E-state index is -0.430. The van der Waals surface area contributed by atoms with Crippen LogP contribution in [0.4, 0.5) is 0 Å². The quantitative estimate of drug-likeness (QED) is 0.685. The van der Waals surface area contributed by atoms with E-state index in [0.717, 1.165) is 31.4 Å². The number of methoxy groups -OCH3 is 2. The van der Waals surface area contributed by atoms with Gasteiger partial charge >= 0.3 is 0 Å². The van der Waals surface area contributed by atoms with Crippen molar-refractivity contribution in [3.05, 3.63) is 65.7 Å². The summed E-state index contributed by atoms with van der Waals surface area (Å²) in [5.41, 5.74) is 2.00. The first-order valence-corrected chi connectivity index (χ1v) is 9.61. The van der Waals surface area contributed by atoms with Crippen molar-refractivity contribution in [3.8, 4) is 5.75 Å². The van der Waals surface area contributed by atoms with E-state index >= 15 is 0 Å². The first kappa shape index (κ1) is 18.9. The highest BCUT2D eigenvalue weighted by atomic mass is 16.5. The molecule has 0 aromatic heterocycles. The minimum Gasteiger partial charge on any atom is -0.497 e. The van der Waals surface area contributed by atoms with Gasteiger partial charge in [0.05, 0.1) is 13.2 Å². The van der Waals surface area contributed by atoms with E-state index in [0.29, 0.717) is 18.6 Å². The Hall–Kier alpha value is -1.84. The van der Waals surface area contributed by atoms with E-state index in [-0.39, 0.29) is 0 Å². The van der Waals surface area contributed by atoms with Crippen LogP contribution in [0, 0.1) is 5.92 Å². The summed E-state index contributed by atoms with van der Waals surface area (Å²) in [4.78, 5) is 0. The Morgan fingerprint density at radius 1 is 0.846 bits per heavy atom. The van der Waals surface area contributed by atoms with E-state index < -0.39 is 5.60 Å². The highest BCUT2D eigenvalue weighted by molar-refractivity contribution is 5.40. The maximum Gasteiger partial charge on any atom is 0.121 e. The van der Waals surface area contributed by atoms with Gasteiger partial charge in [-0.3, -0.25) is 0 Å². The summed E-state index contributed by atoms with van der Waals surface area (Å²) in [5, 5.41) is 0. The van der Waals surface area contributed by atoms with Crippen LogP contribution in [0.25, 0.3) is 0 Å². The van der Waals surface area contributed by atoms with Gasteiger partial charge in [0, 0.05) is 13.7 Å². The molecule has 1 saturated carbocycles. The summed E-state index contributed by atoms with van der Waals surface area (Å²) in [6.45, 7) is 2.76. The van der Waals surface area contributed by atoms with Crippen molar-refractivity contribution < 1.29 is 14.2 Å². The molecule has 1 aliphatic carbocycles. The molecule has 0 N–H and O–H groups in total. The lowest BCUT2D eigenvalue weighted by atomic mass is 9.69. The van der Waals surface area contributed by atoms with Gasteiger partial charge in [0.25, 0.3) is 0 Å². The number of ether oxygens (including phenoxy) is 3. The fourth-order valence-electron chi connectivity index (χ4n) is 4.38. The van der Waals surface area contributed by atoms with Crippen molar-refractivity contribution >= 4 is 0 Å². The molecule has 3 nitrogen and oxygen atoms in total. The number of benzene rings is 2. The average molecular weight is 354 g/mol. The SMILES string of the molecule is CCO[C@@](c1ccccc1)(c1ccc(OC)cc1)C1CCC(OC)CC1. The molecule has 2 aromatic carbocycles. The second kappa shape index (κ2) is 8.70. The maximum atomic E-state index is 6.60. The molecule has 0 bridgehead atoms. The van der Waals surface area contributed by atoms with Gasteiger partial charge < -0.3 is 14.2 Å². The molecule has 1 atom stereocenters. The molecule has 26 heavy (non-hydrogen) atoms. The zero-order chi connectivity index (χ0) is 18.4. The topological polar surface area (TPSA) is 27.7 Å². The van der Waals surface area contributed by atoms with Gasteiger partial charge in [-0.1, -0.05) is 42.5 Å². The molecule has 0 saturated heterocycles. The summed E-state index contributed by atoms with van der Waals surface area (Å²) in [5.74, 6) is 1.29. The molecule has 0 heterocycles. The third kappa shape index (κ3) is 3.65. The maximum absolute atomic E-state index is 6.60. The van der Waals surface area contributed by atoms with Crippen molar-refractivity contribution in [2.24, 2.45) is 5.92 Å². The zero-order valence-corrected chi connectivity index (χ0v) is 16.1. The van der Waals surface area contributed by atoms with Gasteiger partial charge in [0.2, 0.25) is 0 Å². The van der Waals surface area contributed by atoms with Crippen molar-refractivity contribution in [2.75, 3.05) is 20.8 Å². The Morgan fingerprint density at radius 3 is 2.00 bits per heavy atom. The van der Waals surface area contributed by atoms with Crippen LogP contribution < -0.4 is 4.74 Å². The zero-order valence-electron chi connectivity index (χ0n) is 16.1. The third-order valence-corrected chi connectivity index (χ3v) is 5.68. The van der Waals surface area contributed by atoms with Gasteiger partial charge in [-0.05, 0) is 61.8 Å². The number of hydrogen-bond acceptors (Lipinski definition) is 3. The van der Waals surface area contributed by atoms with Gasteiger partial charge in [0.1, 0.15) is 11.4 Å². The summed E-state index contributed by atoms with van der Waals surface area (Å²) < 4.78 is 17.6. The molecular formula is C23H30O3. The van der Waals surface area contributed by atoms with E-state index in [1.165, 1.54) is 11.1 Å². The fraction of sp³-hybridized carbons (Fsp3) is 0.478. The monoisotopic (exact) mass is 354 g/mol. The number of rotatable bonds is 7. The van der Waals surface area contributed by atoms with E-state index in [1.807, 2.05) is 19.2 Å². The molecule has 3 rings (SSSR count). The Bertz CT molecular complexity index is 660. The summed E-state index contributed by atoms with van der Waals surface area (Å²) in [6, 6.07) is 19.1. The Kier molecular flexibility index (Phi) is 6.33.